The maximum absolute atomic E-state index is 12.0. The van der Waals surface area contributed by atoms with Gasteiger partial charge in [-0.05, 0) is 37.0 Å². The molecular formula is C15H23N3O2. The standard InChI is InChI=1S/C15H23N3O2/c1-9(2)8-12(16)15(20)18-13-7-5-6-11(10(13)3)14(19)17-4/h5-7,9,12H,8,16H2,1-4H3,(H,17,19)(H,18,20). The largest absolute Gasteiger partial charge is 0.355 e. The van der Waals surface area contributed by atoms with Gasteiger partial charge in [0.15, 0.2) is 0 Å². The summed E-state index contributed by atoms with van der Waals surface area (Å²) >= 11 is 0. The predicted molar refractivity (Wildman–Crippen MR) is 80.6 cm³/mol. The monoisotopic (exact) mass is 277 g/mol. The topological polar surface area (TPSA) is 84.2 Å². The number of hydrogen-bond acceptors (Lipinski definition) is 3. The smallest absolute Gasteiger partial charge is 0.251 e. The molecule has 5 heteroatoms. The van der Waals surface area contributed by atoms with Gasteiger partial charge in [0.2, 0.25) is 5.91 Å². The average molecular weight is 277 g/mol. The van der Waals surface area contributed by atoms with E-state index >= 15 is 0 Å². The molecule has 0 saturated heterocycles. The molecule has 2 amide bonds. The van der Waals surface area contributed by atoms with Crippen LogP contribution in [-0.2, 0) is 4.79 Å². The molecule has 0 aliphatic heterocycles. The van der Waals surface area contributed by atoms with Crippen LogP contribution in [0.25, 0.3) is 0 Å². The molecule has 0 spiro atoms. The summed E-state index contributed by atoms with van der Waals surface area (Å²) in [6, 6.07) is 4.68. The van der Waals surface area contributed by atoms with Gasteiger partial charge in [0.1, 0.15) is 0 Å². The second kappa shape index (κ2) is 7.05. The summed E-state index contributed by atoms with van der Waals surface area (Å²) in [5.41, 5.74) is 7.75. The number of hydrogen-bond donors (Lipinski definition) is 3. The molecule has 5 nitrogen and oxygen atoms in total. The molecular weight excluding hydrogens is 254 g/mol. The Balaban J connectivity index is 2.88. The van der Waals surface area contributed by atoms with Gasteiger partial charge in [-0.3, -0.25) is 9.59 Å². The minimum absolute atomic E-state index is 0.176. The Kier molecular flexibility index (Phi) is 5.70. The van der Waals surface area contributed by atoms with Gasteiger partial charge < -0.3 is 16.4 Å². The molecule has 0 bridgehead atoms. The first-order chi connectivity index (χ1) is 9.36. The van der Waals surface area contributed by atoms with Crippen molar-refractivity contribution in [2.45, 2.75) is 33.2 Å². The van der Waals surface area contributed by atoms with E-state index < -0.39 is 6.04 Å². The number of anilines is 1. The lowest BCUT2D eigenvalue weighted by atomic mass is 10.0. The molecule has 0 saturated carbocycles. The van der Waals surface area contributed by atoms with Crippen molar-refractivity contribution in [3.05, 3.63) is 29.3 Å². The molecule has 1 rings (SSSR count). The fraction of sp³-hybridized carbons (Fsp3) is 0.467. The van der Waals surface area contributed by atoms with E-state index in [2.05, 4.69) is 10.6 Å². The lowest BCUT2D eigenvalue weighted by molar-refractivity contribution is -0.117. The van der Waals surface area contributed by atoms with Crippen LogP contribution in [0.15, 0.2) is 18.2 Å². The van der Waals surface area contributed by atoms with Gasteiger partial charge in [0.25, 0.3) is 5.91 Å². The molecule has 1 unspecified atom stereocenters. The van der Waals surface area contributed by atoms with Crippen LogP contribution in [0.2, 0.25) is 0 Å². The van der Waals surface area contributed by atoms with Crippen LogP contribution < -0.4 is 16.4 Å². The van der Waals surface area contributed by atoms with Crippen LogP contribution in [0.1, 0.15) is 36.2 Å². The highest BCUT2D eigenvalue weighted by Crippen LogP contribution is 2.19. The van der Waals surface area contributed by atoms with Crippen molar-refractivity contribution in [2.75, 3.05) is 12.4 Å². The molecule has 0 aliphatic carbocycles. The normalized spacial score (nSPS) is 12.1. The van der Waals surface area contributed by atoms with Gasteiger partial charge in [-0.1, -0.05) is 19.9 Å². The molecule has 0 radical (unpaired) electrons. The summed E-state index contributed by atoms with van der Waals surface area (Å²) in [5, 5.41) is 5.37. The van der Waals surface area contributed by atoms with E-state index in [1.165, 1.54) is 0 Å². The Morgan fingerprint density at radius 3 is 2.50 bits per heavy atom. The lowest BCUT2D eigenvalue weighted by Gasteiger charge is -2.16. The summed E-state index contributed by atoms with van der Waals surface area (Å²) < 4.78 is 0. The van der Waals surface area contributed by atoms with E-state index in [9.17, 15) is 9.59 Å². The van der Waals surface area contributed by atoms with Crippen LogP contribution in [0.4, 0.5) is 5.69 Å². The Bertz CT molecular complexity index is 498. The molecule has 4 N–H and O–H groups in total. The fourth-order valence-corrected chi connectivity index (χ4v) is 1.99. The number of carbonyl (C=O) groups excluding carboxylic acids is 2. The molecule has 0 heterocycles. The highest BCUT2D eigenvalue weighted by atomic mass is 16.2. The van der Waals surface area contributed by atoms with E-state index in [1.54, 1.807) is 32.2 Å². The number of benzene rings is 1. The molecule has 1 aromatic carbocycles. The van der Waals surface area contributed by atoms with Crippen molar-refractivity contribution in [3.8, 4) is 0 Å². The third-order valence-corrected chi connectivity index (χ3v) is 3.13. The third-order valence-electron chi connectivity index (χ3n) is 3.13. The van der Waals surface area contributed by atoms with Crippen molar-refractivity contribution >= 4 is 17.5 Å². The molecule has 20 heavy (non-hydrogen) atoms. The molecule has 0 aromatic heterocycles. The van der Waals surface area contributed by atoms with E-state index in [0.29, 0.717) is 23.6 Å². The van der Waals surface area contributed by atoms with E-state index in [0.717, 1.165) is 5.56 Å². The van der Waals surface area contributed by atoms with Crippen molar-refractivity contribution in [1.82, 2.24) is 5.32 Å². The van der Waals surface area contributed by atoms with E-state index in [4.69, 9.17) is 5.73 Å². The molecule has 1 aromatic rings. The van der Waals surface area contributed by atoms with Gasteiger partial charge in [-0.15, -0.1) is 0 Å². The second-order valence-electron chi connectivity index (χ2n) is 5.28. The Morgan fingerprint density at radius 1 is 1.30 bits per heavy atom. The SMILES string of the molecule is CNC(=O)c1cccc(NC(=O)C(N)CC(C)C)c1C. The first-order valence-electron chi connectivity index (χ1n) is 6.75. The van der Waals surface area contributed by atoms with Crippen LogP contribution in [0.3, 0.4) is 0 Å². The summed E-state index contributed by atoms with van der Waals surface area (Å²) in [5.74, 6) is -0.0463. The first kappa shape index (κ1) is 16.2. The molecule has 110 valence electrons. The van der Waals surface area contributed by atoms with Crippen molar-refractivity contribution in [2.24, 2.45) is 11.7 Å². The van der Waals surface area contributed by atoms with Gasteiger partial charge in [0.05, 0.1) is 6.04 Å². The van der Waals surface area contributed by atoms with Gasteiger partial charge in [0, 0.05) is 18.3 Å². The maximum Gasteiger partial charge on any atom is 0.251 e. The van der Waals surface area contributed by atoms with Crippen LogP contribution in [0.5, 0.6) is 0 Å². The maximum atomic E-state index is 12.0. The van der Waals surface area contributed by atoms with Gasteiger partial charge in [-0.25, -0.2) is 0 Å². The Hall–Kier alpha value is -1.88. The Morgan fingerprint density at radius 2 is 1.95 bits per heavy atom. The quantitative estimate of drug-likeness (QED) is 0.765. The zero-order chi connectivity index (χ0) is 15.3. The molecule has 1 atom stereocenters. The zero-order valence-electron chi connectivity index (χ0n) is 12.5. The van der Waals surface area contributed by atoms with Crippen molar-refractivity contribution < 1.29 is 9.59 Å². The van der Waals surface area contributed by atoms with Crippen molar-refractivity contribution in [3.63, 3.8) is 0 Å². The van der Waals surface area contributed by atoms with Crippen molar-refractivity contribution in [1.29, 1.82) is 0 Å². The summed E-state index contributed by atoms with van der Waals surface area (Å²) in [6.45, 7) is 5.84. The van der Waals surface area contributed by atoms with Crippen LogP contribution in [-0.4, -0.2) is 24.9 Å². The number of amides is 2. The number of nitrogens with one attached hydrogen (secondary N) is 2. The van der Waals surface area contributed by atoms with Gasteiger partial charge >= 0.3 is 0 Å². The van der Waals surface area contributed by atoms with E-state index in [-0.39, 0.29) is 11.8 Å². The second-order valence-corrected chi connectivity index (χ2v) is 5.28. The van der Waals surface area contributed by atoms with Gasteiger partial charge in [-0.2, -0.15) is 0 Å². The summed E-state index contributed by atoms with van der Waals surface area (Å²) in [7, 11) is 1.57. The molecule has 0 fully saturated rings. The summed E-state index contributed by atoms with van der Waals surface area (Å²) in [6.07, 6.45) is 0.625. The highest BCUT2D eigenvalue weighted by Gasteiger charge is 2.17. The fourth-order valence-electron chi connectivity index (χ4n) is 1.99. The minimum atomic E-state index is -0.543. The Labute approximate surface area is 119 Å². The van der Waals surface area contributed by atoms with Crippen LogP contribution in [0, 0.1) is 12.8 Å². The average Bonchev–Trinajstić information content (AvgIpc) is 2.39. The predicted octanol–water partition coefficient (Wildman–Crippen LogP) is 1.67. The molecule has 0 aliphatic rings. The van der Waals surface area contributed by atoms with E-state index in [1.807, 2.05) is 13.8 Å². The lowest BCUT2D eigenvalue weighted by Crippen LogP contribution is -2.37. The number of nitrogens with two attached hydrogens (primary N) is 1. The minimum Gasteiger partial charge on any atom is -0.355 e. The number of carbonyl (C=O) groups is 2. The number of rotatable bonds is 5. The zero-order valence-corrected chi connectivity index (χ0v) is 12.5. The van der Waals surface area contributed by atoms with Crippen LogP contribution >= 0.6 is 0 Å². The first-order valence-corrected chi connectivity index (χ1v) is 6.75. The highest BCUT2D eigenvalue weighted by molar-refractivity contribution is 6.00. The summed E-state index contributed by atoms with van der Waals surface area (Å²) in [4.78, 5) is 23.7. The third kappa shape index (κ3) is 4.06.